The monoisotopic (exact) mass is 234 g/mol. The summed E-state index contributed by atoms with van der Waals surface area (Å²) in [4.78, 5) is 10.3. The molecular formula is C13H18N2O2. The minimum absolute atomic E-state index is 0.690. The van der Waals surface area contributed by atoms with Crippen LogP contribution in [0.3, 0.4) is 0 Å². The van der Waals surface area contributed by atoms with Gasteiger partial charge in [-0.25, -0.2) is 4.98 Å². The van der Waals surface area contributed by atoms with E-state index in [0.29, 0.717) is 6.61 Å². The maximum atomic E-state index is 5.73. The average Bonchev–Trinajstić information content (AvgIpc) is 2.73. The van der Waals surface area contributed by atoms with E-state index in [4.69, 9.17) is 9.57 Å². The van der Waals surface area contributed by atoms with Gasteiger partial charge >= 0.3 is 0 Å². The largest absolute Gasteiger partial charge is 0.497 e. The van der Waals surface area contributed by atoms with Crippen LogP contribution < -0.4 is 9.57 Å². The first-order valence-corrected chi connectivity index (χ1v) is 5.98. The molecule has 1 aromatic carbocycles. The first-order chi connectivity index (χ1) is 8.30. The summed E-state index contributed by atoms with van der Waals surface area (Å²) in [5.74, 6) is 1.77. The third-order valence-corrected chi connectivity index (χ3v) is 2.63. The van der Waals surface area contributed by atoms with Gasteiger partial charge in [-0.3, -0.25) is 0 Å². The molecule has 0 fully saturated rings. The lowest BCUT2D eigenvalue weighted by Gasteiger charge is -2.09. The van der Waals surface area contributed by atoms with Gasteiger partial charge in [0.25, 0.3) is 0 Å². The third-order valence-electron chi connectivity index (χ3n) is 2.63. The van der Waals surface area contributed by atoms with Crippen LogP contribution in [0.15, 0.2) is 18.2 Å². The molecule has 4 heteroatoms. The van der Waals surface area contributed by atoms with Gasteiger partial charge in [-0.15, -0.1) is 0 Å². The lowest BCUT2D eigenvalue weighted by Crippen LogP contribution is -2.14. The molecule has 0 bridgehead atoms. The number of aryl methyl sites for hydroxylation is 1. The van der Waals surface area contributed by atoms with Crippen LogP contribution in [0.4, 0.5) is 0 Å². The highest BCUT2D eigenvalue weighted by Gasteiger charge is 2.10. The lowest BCUT2D eigenvalue weighted by molar-refractivity contribution is 0.113. The summed E-state index contributed by atoms with van der Waals surface area (Å²) in [5.41, 5.74) is 1.91. The maximum Gasteiger partial charge on any atom is 0.145 e. The first kappa shape index (κ1) is 11.8. The first-order valence-electron chi connectivity index (χ1n) is 5.98. The van der Waals surface area contributed by atoms with Gasteiger partial charge < -0.3 is 9.57 Å². The Bertz CT molecular complexity index is 505. The number of imidazole rings is 1. The van der Waals surface area contributed by atoms with Crippen molar-refractivity contribution in [1.82, 2.24) is 9.71 Å². The lowest BCUT2D eigenvalue weighted by atomic mass is 10.3. The molecule has 1 aromatic heterocycles. The van der Waals surface area contributed by atoms with Gasteiger partial charge in [0.2, 0.25) is 0 Å². The fourth-order valence-electron chi connectivity index (χ4n) is 1.76. The van der Waals surface area contributed by atoms with Gasteiger partial charge in [-0.1, -0.05) is 13.8 Å². The zero-order valence-electron chi connectivity index (χ0n) is 10.6. The number of benzene rings is 1. The van der Waals surface area contributed by atoms with Crippen molar-refractivity contribution in [2.24, 2.45) is 0 Å². The van der Waals surface area contributed by atoms with E-state index >= 15 is 0 Å². The molecule has 2 aromatic rings. The zero-order valence-corrected chi connectivity index (χ0v) is 10.6. The SMILES string of the molecule is CCCOn1c(CC)nc2ccc(OC)cc21. The Morgan fingerprint density at radius 1 is 1.29 bits per heavy atom. The highest BCUT2D eigenvalue weighted by molar-refractivity contribution is 5.77. The molecule has 0 amide bonds. The van der Waals surface area contributed by atoms with E-state index < -0.39 is 0 Å². The van der Waals surface area contributed by atoms with E-state index in [9.17, 15) is 0 Å². The number of ether oxygens (including phenoxy) is 1. The van der Waals surface area contributed by atoms with Crippen molar-refractivity contribution in [2.45, 2.75) is 26.7 Å². The molecule has 0 aliphatic heterocycles. The van der Waals surface area contributed by atoms with Crippen LogP contribution in [0.2, 0.25) is 0 Å². The Hall–Kier alpha value is -1.71. The minimum Gasteiger partial charge on any atom is -0.497 e. The van der Waals surface area contributed by atoms with Crippen molar-refractivity contribution in [1.29, 1.82) is 0 Å². The van der Waals surface area contributed by atoms with Crippen molar-refractivity contribution in [3.63, 3.8) is 0 Å². The Morgan fingerprint density at radius 2 is 2.12 bits per heavy atom. The number of hydrogen-bond acceptors (Lipinski definition) is 3. The van der Waals surface area contributed by atoms with Crippen molar-refractivity contribution in [3.05, 3.63) is 24.0 Å². The maximum absolute atomic E-state index is 5.73. The molecule has 0 radical (unpaired) electrons. The van der Waals surface area contributed by atoms with E-state index in [2.05, 4.69) is 18.8 Å². The number of nitrogens with zero attached hydrogens (tertiary/aromatic N) is 2. The predicted octanol–water partition coefficient (Wildman–Crippen LogP) is 2.45. The highest BCUT2D eigenvalue weighted by atomic mass is 16.7. The van der Waals surface area contributed by atoms with E-state index in [1.165, 1.54) is 0 Å². The van der Waals surface area contributed by atoms with Crippen LogP contribution in [-0.4, -0.2) is 23.4 Å². The molecule has 0 N–H and O–H groups in total. The molecule has 2 rings (SSSR count). The van der Waals surface area contributed by atoms with Crippen molar-refractivity contribution in [2.75, 3.05) is 13.7 Å². The van der Waals surface area contributed by atoms with E-state index in [0.717, 1.165) is 35.4 Å². The summed E-state index contributed by atoms with van der Waals surface area (Å²) < 4.78 is 7.05. The summed E-state index contributed by atoms with van der Waals surface area (Å²) in [6, 6.07) is 5.83. The second kappa shape index (κ2) is 5.08. The van der Waals surface area contributed by atoms with Gasteiger partial charge in [-0.05, 0) is 18.6 Å². The van der Waals surface area contributed by atoms with Gasteiger partial charge in [-0.2, -0.15) is 4.73 Å². The molecule has 0 atom stereocenters. The van der Waals surface area contributed by atoms with Crippen LogP contribution in [-0.2, 0) is 6.42 Å². The summed E-state index contributed by atoms with van der Waals surface area (Å²) in [5, 5.41) is 0. The molecule has 1 heterocycles. The molecule has 92 valence electrons. The smallest absolute Gasteiger partial charge is 0.145 e. The summed E-state index contributed by atoms with van der Waals surface area (Å²) in [7, 11) is 1.66. The number of fused-ring (bicyclic) bond motifs is 1. The van der Waals surface area contributed by atoms with Crippen LogP contribution in [0, 0.1) is 0 Å². The van der Waals surface area contributed by atoms with Crippen molar-refractivity contribution < 1.29 is 9.57 Å². The van der Waals surface area contributed by atoms with E-state index in [1.807, 2.05) is 22.9 Å². The number of hydrogen-bond donors (Lipinski definition) is 0. The van der Waals surface area contributed by atoms with Gasteiger partial charge in [0, 0.05) is 12.5 Å². The Kier molecular flexibility index (Phi) is 3.52. The van der Waals surface area contributed by atoms with E-state index in [1.54, 1.807) is 7.11 Å². The summed E-state index contributed by atoms with van der Waals surface area (Å²) >= 11 is 0. The van der Waals surface area contributed by atoms with Crippen LogP contribution in [0.5, 0.6) is 5.75 Å². The van der Waals surface area contributed by atoms with Crippen LogP contribution in [0.1, 0.15) is 26.1 Å². The quantitative estimate of drug-likeness (QED) is 0.797. The fourth-order valence-corrected chi connectivity index (χ4v) is 1.76. The van der Waals surface area contributed by atoms with E-state index in [-0.39, 0.29) is 0 Å². The molecule has 17 heavy (non-hydrogen) atoms. The topological polar surface area (TPSA) is 36.3 Å². The van der Waals surface area contributed by atoms with Crippen molar-refractivity contribution in [3.8, 4) is 5.75 Å². The minimum atomic E-state index is 0.690. The summed E-state index contributed by atoms with van der Waals surface area (Å²) in [6.07, 6.45) is 1.83. The average molecular weight is 234 g/mol. The summed E-state index contributed by atoms with van der Waals surface area (Å²) in [6.45, 7) is 4.85. The fraction of sp³-hybridized carbons (Fsp3) is 0.462. The number of aromatic nitrogens is 2. The number of rotatable bonds is 5. The molecule has 4 nitrogen and oxygen atoms in total. The number of methoxy groups -OCH3 is 1. The third kappa shape index (κ3) is 2.20. The van der Waals surface area contributed by atoms with Crippen LogP contribution in [0.25, 0.3) is 11.0 Å². The molecule has 0 spiro atoms. The Morgan fingerprint density at radius 3 is 2.76 bits per heavy atom. The molecular weight excluding hydrogens is 216 g/mol. The normalized spacial score (nSPS) is 10.8. The second-order valence-corrected chi connectivity index (χ2v) is 3.86. The molecule has 0 unspecified atom stereocenters. The standard InChI is InChI=1S/C13H18N2O2/c1-4-8-17-15-12-9-10(16-3)6-7-11(12)14-13(15)5-2/h6-7,9H,4-5,8H2,1-3H3. The zero-order chi connectivity index (χ0) is 12.3. The molecule has 0 saturated carbocycles. The van der Waals surface area contributed by atoms with Gasteiger partial charge in [0.15, 0.2) is 0 Å². The van der Waals surface area contributed by atoms with Crippen LogP contribution >= 0.6 is 0 Å². The van der Waals surface area contributed by atoms with Gasteiger partial charge in [0.05, 0.1) is 12.6 Å². The highest BCUT2D eigenvalue weighted by Crippen LogP contribution is 2.21. The second-order valence-electron chi connectivity index (χ2n) is 3.86. The molecule has 0 aliphatic rings. The predicted molar refractivity (Wildman–Crippen MR) is 67.4 cm³/mol. The van der Waals surface area contributed by atoms with Crippen molar-refractivity contribution >= 4 is 11.0 Å². The Labute approximate surface area is 101 Å². The van der Waals surface area contributed by atoms with Gasteiger partial charge in [0.1, 0.15) is 23.7 Å². The Balaban J connectivity index is 2.50. The molecule has 0 saturated heterocycles. The molecule has 0 aliphatic carbocycles.